The summed E-state index contributed by atoms with van der Waals surface area (Å²) in [5.41, 5.74) is -5.66. The molecule has 0 aromatic rings. The molecule has 0 nitrogen and oxygen atoms in total. The fourth-order valence-corrected chi connectivity index (χ4v) is 2.84. The Balaban J connectivity index is 5.85. The molecular formula is C12H16F9I. The highest BCUT2D eigenvalue weighted by molar-refractivity contribution is 14.1. The smallest absolute Gasteiger partial charge is 0.227 e. The van der Waals surface area contributed by atoms with Gasteiger partial charge < -0.3 is 0 Å². The van der Waals surface area contributed by atoms with Gasteiger partial charge in [0.2, 0.25) is 0 Å². The molecule has 134 valence electrons. The van der Waals surface area contributed by atoms with E-state index < -0.39 is 33.8 Å². The monoisotopic (exact) mass is 458 g/mol. The topological polar surface area (TPSA) is 0 Å². The highest BCUT2D eigenvalue weighted by atomic mass is 127. The maximum absolute atomic E-state index is 14.1. The zero-order valence-corrected chi connectivity index (χ0v) is 14.0. The third kappa shape index (κ3) is 4.34. The number of rotatable bonds is 7. The summed E-state index contributed by atoms with van der Waals surface area (Å²) in [7, 11) is 0. The second-order valence-electron chi connectivity index (χ2n) is 5.16. The van der Waals surface area contributed by atoms with Crippen molar-refractivity contribution < 1.29 is 39.5 Å². The minimum atomic E-state index is -6.63. The van der Waals surface area contributed by atoms with Gasteiger partial charge in [0.05, 0.1) is 0 Å². The molecule has 2 atom stereocenters. The van der Waals surface area contributed by atoms with Gasteiger partial charge in [0.1, 0.15) is 0 Å². The van der Waals surface area contributed by atoms with Gasteiger partial charge in [-0.25, -0.2) is 4.39 Å². The number of hydrogen-bond donors (Lipinski definition) is 0. The van der Waals surface area contributed by atoms with Gasteiger partial charge >= 0.3 is 18.3 Å². The lowest BCUT2D eigenvalue weighted by atomic mass is 9.82. The molecule has 0 fully saturated rings. The van der Waals surface area contributed by atoms with Crippen LogP contribution in [0.3, 0.4) is 0 Å². The second-order valence-corrected chi connectivity index (χ2v) is 7.44. The first-order valence-corrected chi connectivity index (χ1v) is 7.55. The Morgan fingerprint density at radius 3 is 1.50 bits per heavy atom. The molecule has 0 aromatic heterocycles. The van der Waals surface area contributed by atoms with Crippen LogP contribution in [0.4, 0.5) is 39.5 Å². The number of alkyl halides is 10. The summed E-state index contributed by atoms with van der Waals surface area (Å²) in [6.07, 6.45) is -14.4. The maximum atomic E-state index is 14.1. The molecule has 22 heavy (non-hydrogen) atoms. The Labute approximate surface area is 136 Å². The van der Waals surface area contributed by atoms with Crippen LogP contribution in [0.1, 0.15) is 46.0 Å². The first-order valence-electron chi connectivity index (χ1n) is 6.47. The Bertz CT molecular complexity index is 363. The van der Waals surface area contributed by atoms with E-state index in [1.165, 1.54) is 29.5 Å². The van der Waals surface area contributed by atoms with Crippen molar-refractivity contribution in [3.05, 3.63) is 0 Å². The number of unbranched alkanes of at least 4 members (excludes halogenated alkanes) is 1. The third-order valence-corrected chi connectivity index (χ3v) is 5.16. The van der Waals surface area contributed by atoms with Crippen molar-refractivity contribution >= 4 is 22.6 Å². The molecule has 0 aliphatic rings. The molecule has 0 radical (unpaired) electrons. The molecule has 0 spiro atoms. The number of hydrogen-bond acceptors (Lipinski definition) is 0. The summed E-state index contributed by atoms with van der Waals surface area (Å²) < 4.78 is 114. The van der Waals surface area contributed by atoms with Crippen LogP contribution in [0.25, 0.3) is 0 Å². The van der Waals surface area contributed by atoms with E-state index in [2.05, 4.69) is 0 Å². The van der Waals surface area contributed by atoms with Crippen molar-refractivity contribution in [1.29, 1.82) is 0 Å². The molecule has 2 unspecified atom stereocenters. The zero-order chi connectivity index (χ0) is 18.0. The van der Waals surface area contributed by atoms with Crippen LogP contribution < -0.4 is 0 Å². The molecule has 0 saturated carbocycles. The summed E-state index contributed by atoms with van der Waals surface area (Å²) in [6.45, 7) is 2.99. The van der Waals surface area contributed by atoms with Gasteiger partial charge in [-0.2, -0.15) is 35.1 Å². The maximum Gasteiger partial charge on any atom is 0.457 e. The molecule has 0 aromatic carbocycles. The predicted molar refractivity (Wildman–Crippen MR) is 72.1 cm³/mol. The van der Waals surface area contributed by atoms with Crippen LogP contribution in [0.2, 0.25) is 0 Å². The quantitative estimate of drug-likeness (QED) is 0.229. The predicted octanol–water partition coefficient (Wildman–Crippen LogP) is 6.62. The molecule has 0 bridgehead atoms. The van der Waals surface area contributed by atoms with E-state index in [9.17, 15) is 39.5 Å². The Morgan fingerprint density at radius 2 is 1.23 bits per heavy atom. The first-order chi connectivity index (χ1) is 9.58. The SMILES string of the molecule is CCCCC(I)(CC)CC(F)(C(F)(F)F)C(F)(F)C(F)(F)F. The molecule has 10 heteroatoms. The minimum Gasteiger partial charge on any atom is -0.227 e. The van der Waals surface area contributed by atoms with Crippen LogP contribution in [0.15, 0.2) is 0 Å². The third-order valence-electron chi connectivity index (χ3n) is 3.48. The lowest BCUT2D eigenvalue weighted by Gasteiger charge is -2.40. The zero-order valence-electron chi connectivity index (χ0n) is 11.8. The van der Waals surface area contributed by atoms with Gasteiger partial charge in [-0.3, -0.25) is 0 Å². The average Bonchev–Trinajstić information content (AvgIpc) is 2.33. The van der Waals surface area contributed by atoms with Crippen LogP contribution in [0, 0.1) is 0 Å². The van der Waals surface area contributed by atoms with Crippen molar-refractivity contribution in [2.24, 2.45) is 0 Å². The van der Waals surface area contributed by atoms with Gasteiger partial charge in [0.15, 0.2) is 0 Å². The molecule has 0 aliphatic carbocycles. The fraction of sp³-hybridized carbons (Fsp3) is 1.00. The van der Waals surface area contributed by atoms with Crippen molar-refractivity contribution in [2.75, 3.05) is 0 Å². The lowest BCUT2D eigenvalue weighted by Crippen LogP contribution is -2.64. The molecule has 0 rings (SSSR count). The highest BCUT2D eigenvalue weighted by Gasteiger charge is 2.81. The standard InChI is InChI=1S/C12H16F9I/c1-3-5-6-8(22,4-2)7-9(13,11(16,17)18)10(14,15)12(19,20)21/h3-7H2,1-2H3. The van der Waals surface area contributed by atoms with E-state index >= 15 is 0 Å². The van der Waals surface area contributed by atoms with Crippen LogP contribution >= 0.6 is 22.6 Å². The van der Waals surface area contributed by atoms with Crippen LogP contribution in [-0.2, 0) is 0 Å². The fourth-order valence-electron chi connectivity index (χ4n) is 1.93. The summed E-state index contributed by atoms with van der Waals surface area (Å²) in [6, 6.07) is 0. The lowest BCUT2D eigenvalue weighted by molar-refractivity contribution is -0.385. The van der Waals surface area contributed by atoms with Gasteiger partial charge in [-0.15, -0.1) is 0 Å². The molecule has 0 saturated heterocycles. The van der Waals surface area contributed by atoms with E-state index in [1.807, 2.05) is 0 Å². The van der Waals surface area contributed by atoms with E-state index in [0.29, 0.717) is 12.8 Å². The first kappa shape index (κ1) is 22.1. The Kier molecular flexibility index (Phi) is 6.95. The van der Waals surface area contributed by atoms with Crippen LogP contribution in [0.5, 0.6) is 0 Å². The molecule has 0 heterocycles. The van der Waals surface area contributed by atoms with Gasteiger partial charge in [0.25, 0.3) is 5.67 Å². The minimum absolute atomic E-state index is 0.0871. The van der Waals surface area contributed by atoms with Crippen molar-refractivity contribution in [1.82, 2.24) is 0 Å². The molecule has 0 amide bonds. The highest BCUT2D eigenvalue weighted by Crippen LogP contribution is 2.57. The summed E-state index contributed by atoms with van der Waals surface area (Å²) in [4.78, 5) is 0. The summed E-state index contributed by atoms with van der Waals surface area (Å²) >= 11 is 1.35. The van der Waals surface area contributed by atoms with Crippen molar-refractivity contribution in [3.63, 3.8) is 0 Å². The van der Waals surface area contributed by atoms with Crippen molar-refractivity contribution in [2.45, 2.75) is 73.3 Å². The summed E-state index contributed by atoms with van der Waals surface area (Å²) in [5.74, 6) is -6.52. The molecule has 0 N–H and O–H groups in total. The second kappa shape index (κ2) is 6.92. The summed E-state index contributed by atoms with van der Waals surface area (Å²) in [5, 5.41) is 0. The average molecular weight is 458 g/mol. The van der Waals surface area contributed by atoms with Gasteiger partial charge in [0, 0.05) is 9.84 Å². The van der Waals surface area contributed by atoms with Gasteiger partial charge in [-0.05, 0) is 12.8 Å². The Morgan fingerprint density at radius 1 is 0.773 bits per heavy atom. The molecule has 0 aliphatic heterocycles. The molecular weight excluding hydrogens is 442 g/mol. The van der Waals surface area contributed by atoms with E-state index in [0.717, 1.165) is 0 Å². The number of halogens is 10. The largest absolute Gasteiger partial charge is 0.457 e. The normalized spacial score (nSPS) is 19.6. The Hall–Kier alpha value is 0.1000. The van der Waals surface area contributed by atoms with Crippen molar-refractivity contribution in [3.8, 4) is 0 Å². The van der Waals surface area contributed by atoms with Gasteiger partial charge in [-0.1, -0.05) is 49.3 Å². The van der Waals surface area contributed by atoms with Crippen LogP contribution in [-0.4, -0.2) is 27.4 Å². The van der Waals surface area contributed by atoms with E-state index in [4.69, 9.17) is 0 Å². The van der Waals surface area contributed by atoms with E-state index in [-0.39, 0.29) is 12.8 Å². The van der Waals surface area contributed by atoms with E-state index in [1.54, 1.807) is 6.92 Å².